The number of sulfonamides is 1. The zero-order chi connectivity index (χ0) is 18.3. The first-order valence-corrected chi connectivity index (χ1v) is 9.40. The monoisotopic (exact) mass is 388 g/mol. The van der Waals surface area contributed by atoms with E-state index in [9.17, 15) is 8.42 Å². The Hall–Kier alpha value is -2.91. The predicted molar refractivity (Wildman–Crippen MR) is 97.9 cm³/mol. The molecule has 4 rings (SSSR count). The first-order valence-electron chi connectivity index (χ1n) is 7.54. The topological polar surface area (TPSA) is 94.7 Å². The van der Waals surface area contributed by atoms with Crippen molar-refractivity contribution < 1.29 is 8.42 Å². The molecule has 0 radical (unpaired) electrons. The summed E-state index contributed by atoms with van der Waals surface area (Å²) in [4.78, 5) is 3.93. The van der Waals surface area contributed by atoms with E-state index in [4.69, 9.17) is 11.6 Å². The maximum atomic E-state index is 12.8. The number of aromatic nitrogens is 5. The Kier molecular flexibility index (Phi) is 3.89. The highest BCUT2D eigenvalue weighted by Crippen LogP contribution is 2.25. The second-order valence-electron chi connectivity index (χ2n) is 5.57. The highest BCUT2D eigenvalue weighted by Gasteiger charge is 2.19. The van der Waals surface area contributed by atoms with Gasteiger partial charge in [-0.1, -0.05) is 23.7 Å². The van der Waals surface area contributed by atoms with Crippen molar-refractivity contribution in [3.63, 3.8) is 0 Å². The third-order valence-electron chi connectivity index (χ3n) is 3.85. The van der Waals surface area contributed by atoms with Crippen molar-refractivity contribution in [2.75, 3.05) is 4.72 Å². The lowest BCUT2D eigenvalue weighted by molar-refractivity contribution is 0.601. The van der Waals surface area contributed by atoms with E-state index in [1.807, 2.05) is 6.07 Å². The molecule has 0 atom stereocenters. The second kappa shape index (κ2) is 6.11. The van der Waals surface area contributed by atoms with Gasteiger partial charge in [0.2, 0.25) is 0 Å². The molecule has 0 aliphatic carbocycles. The zero-order valence-electron chi connectivity index (χ0n) is 13.5. The molecule has 1 N–H and O–H groups in total. The molecule has 0 fully saturated rings. The minimum atomic E-state index is -3.82. The molecule has 0 saturated carbocycles. The molecule has 3 aromatic heterocycles. The summed E-state index contributed by atoms with van der Waals surface area (Å²) in [5.74, 6) is 0. The number of benzene rings is 1. The number of hydrogen-bond donors (Lipinski definition) is 1. The molecular formula is C16H13ClN6O2S. The number of rotatable bonds is 4. The summed E-state index contributed by atoms with van der Waals surface area (Å²) >= 11 is 5.87. The molecule has 1 aromatic carbocycles. The predicted octanol–water partition coefficient (Wildman–Crippen LogP) is 2.61. The van der Waals surface area contributed by atoms with Gasteiger partial charge in [0.15, 0.2) is 0 Å². The summed E-state index contributed by atoms with van der Waals surface area (Å²) in [6.07, 6.45) is 5.89. The Bertz CT molecular complexity index is 1210. The number of para-hydroxylation sites is 1. The van der Waals surface area contributed by atoms with E-state index >= 15 is 0 Å². The number of hydrogen-bond acceptors (Lipinski definition) is 5. The largest absolute Gasteiger partial charge is 0.277 e. The lowest BCUT2D eigenvalue weighted by Crippen LogP contribution is -2.13. The maximum Gasteiger partial charge on any atom is 0.265 e. The number of pyridine rings is 1. The van der Waals surface area contributed by atoms with Crippen LogP contribution in [-0.2, 0) is 17.1 Å². The number of nitrogens with one attached hydrogen (secondary N) is 1. The van der Waals surface area contributed by atoms with Crippen LogP contribution in [0.1, 0.15) is 0 Å². The fraction of sp³-hybridized carbons (Fsp3) is 0.0625. The highest BCUT2D eigenvalue weighted by atomic mass is 35.5. The summed E-state index contributed by atoms with van der Waals surface area (Å²) < 4.78 is 31.2. The van der Waals surface area contributed by atoms with Gasteiger partial charge in [-0.2, -0.15) is 10.2 Å². The van der Waals surface area contributed by atoms with E-state index in [1.54, 1.807) is 42.2 Å². The molecule has 0 unspecified atom stereocenters. The van der Waals surface area contributed by atoms with Crippen LogP contribution in [0.4, 0.5) is 5.69 Å². The summed E-state index contributed by atoms with van der Waals surface area (Å²) in [6.45, 7) is 0. The van der Waals surface area contributed by atoms with Crippen LogP contribution < -0.4 is 4.72 Å². The van der Waals surface area contributed by atoms with Gasteiger partial charge in [-0.3, -0.25) is 9.40 Å². The first kappa shape index (κ1) is 16.6. The average molecular weight is 389 g/mol. The molecule has 0 aliphatic rings. The molecule has 10 heteroatoms. The number of halogens is 1. The van der Waals surface area contributed by atoms with Gasteiger partial charge in [0, 0.05) is 24.7 Å². The van der Waals surface area contributed by atoms with E-state index in [0.29, 0.717) is 22.0 Å². The molecular weight excluding hydrogens is 376 g/mol. The molecule has 0 spiro atoms. The van der Waals surface area contributed by atoms with Gasteiger partial charge in [0.25, 0.3) is 10.0 Å². The quantitative estimate of drug-likeness (QED) is 0.542. The molecule has 0 aliphatic heterocycles. The molecule has 8 nitrogen and oxygen atoms in total. The van der Waals surface area contributed by atoms with Crippen LogP contribution in [0.2, 0.25) is 5.15 Å². The van der Waals surface area contributed by atoms with Gasteiger partial charge in [0.1, 0.15) is 10.0 Å². The van der Waals surface area contributed by atoms with Crippen molar-refractivity contribution >= 4 is 38.2 Å². The lowest BCUT2D eigenvalue weighted by atomic mass is 10.2. The standard InChI is InChI=1S/C16H13ClN6O2S/c1-22-16-11(8-19-22)3-2-4-14(16)21-26(24,25)13-9-20-23(10-13)12-5-6-18-15(17)7-12/h2-10,21H,1H3. The Morgan fingerprint density at radius 1 is 1.15 bits per heavy atom. The van der Waals surface area contributed by atoms with Crippen molar-refractivity contribution in [3.8, 4) is 5.69 Å². The zero-order valence-corrected chi connectivity index (χ0v) is 15.1. The number of aryl methyl sites for hydroxylation is 1. The fourth-order valence-electron chi connectivity index (χ4n) is 2.64. The molecule has 132 valence electrons. The Morgan fingerprint density at radius 3 is 2.81 bits per heavy atom. The molecule has 0 saturated heterocycles. The Labute approximate surface area is 154 Å². The van der Waals surface area contributed by atoms with E-state index in [0.717, 1.165) is 5.39 Å². The van der Waals surface area contributed by atoms with E-state index in [-0.39, 0.29) is 4.90 Å². The second-order valence-corrected chi connectivity index (χ2v) is 7.64. The van der Waals surface area contributed by atoms with Gasteiger partial charge in [-0.15, -0.1) is 0 Å². The highest BCUT2D eigenvalue weighted by molar-refractivity contribution is 7.92. The minimum absolute atomic E-state index is 0.0320. The SMILES string of the molecule is Cn1ncc2cccc(NS(=O)(=O)c3cnn(-c4ccnc(Cl)c4)c3)c21. The lowest BCUT2D eigenvalue weighted by Gasteiger charge is -2.08. The van der Waals surface area contributed by atoms with Crippen molar-refractivity contribution in [2.24, 2.45) is 7.05 Å². The van der Waals surface area contributed by atoms with Gasteiger partial charge < -0.3 is 0 Å². The molecule has 0 amide bonds. The Morgan fingerprint density at radius 2 is 2.00 bits per heavy atom. The van der Waals surface area contributed by atoms with Crippen molar-refractivity contribution in [1.82, 2.24) is 24.5 Å². The molecule has 26 heavy (non-hydrogen) atoms. The number of anilines is 1. The van der Waals surface area contributed by atoms with Crippen LogP contribution in [-0.4, -0.2) is 33.0 Å². The summed E-state index contributed by atoms with van der Waals surface area (Å²) in [7, 11) is -2.06. The normalized spacial score (nSPS) is 11.8. The Balaban J connectivity index is 1.70. The summed E-state index contributed by atoms with van der Waals surface area (Å²) in [5, 5.41) is 9.39. The van der Waals surface area contributed by atoms with Crippen molar-refractivity contribution in [2.45, 2.75) is 4.90 Å². The third-order valence-corrected chi connectivity index (χ3v) is 5.38. The minimum Gasteiger partial charge on any atom is -0.277 e. The van der Waals surface area contributed by atoms with Crippen LogP contribution in [0.15, 0.2) is 60.0 Å². The van der Waals surface area contributed by atoms with Gasteiger partial charge >= 0.3 is 0 Å². The molecule has 4 aromatic rings. The van der Waals surface area contributed by atoms with Crippen molar-refractivity contribution in [3.05, 3.63) is 60.3 Å². The summed E-state index contributed by atoms with van der Waals surface area (Å²) in [6, 6.07) is 8.60. The maximum absolute atomic E-state index is 12.8. The van der Waals surface area contributed by atoms with Crippen LogP contribution in [0, 0.1) is 0 Å². The van der Waals surface area contributed by atoms with Crippen LogP contribution in [0.3, 0.4) is 0 Å². The van der Waals surface area contributed by atoms with Crippen LogP contribution in [0.25, 0.3) is 16.6 Å². The molecule has 0 bridgehead atoms. The van der Waals surface area contributed by atoms with Gasteiger partial charge in [-0.05, 0) is 12.1 Å². The van der Waals surface area contributed by atoms with E-state index < -0.39 is 10.0 Å². The fourth-order valence-corrected chi connectivity index (χ4v) is 3.81. The third kappa shape index (κ3) is 2.91. The van der Waals surface area contributed by atoms with E-state index in [2.05, 4.69) is 19.9 Å². The van der Waals surface area contributed by atoms with Crippen molar-refractivity contribution in [1.29, 1.82) is 0 Å². The number of nitrogens with zero attached hydrogens (tertiary/aromatic N) is 5. The first-order chi connectivity index (χ1) is 12.4. The van der Waals surface area contributed by atoms with Crippen LogP contribution >= 0.6 is 11.6 Å². The van der Waals surface area contributed by atoms with Crippen LogP contribution in [0.5, 0.6) is 0 Å². The van der Waals surface area contributed by atoms with E-state index in [1.165, 1.54) is 23.3 Å². The smallest absolute Gasteiger partial charge is 0.265 e. The number of fused-ring (bicyclic) bond motifs is 1. The summed E-state index contributed by atoms with van der Waals surface area (Å²) in [5.41, 5.74) is 1.76. The van der Waals surface area contributed by atoms with Gasteiger partial charge in [0.05, 0.1) is 35.5 Å². The molecule has 3 heterocycles. The van der Waals surface area contributed by atoms with Gasteiger partial charge in [-0.25, -0.2) is 18.1 Å². The average Bonchev–Trinajstić information content (AvgIpc) is 3.23.